The molecule has 3 aliphatic rings. The van der Waals surface area contributed by atoms with Gasteiger partial charge >= 0.3 is 0 Å². The summed E-state index contributed by atoms with van der Waals surface area (Å²) in [5, 5.41) is 24.0. The molecule has 17 heavy (non-hydrogen) atoms. The average molecular weight is 258 g/mol. The molecule has 1 aliphatic carbocycles. The molecule has 1 saturated carbocycles. The maximum Gasteiger partial charge on any atom is 0.159 e. The zero-order valence-corrected chi connectivity index (χ0v) is 10.6. The highest BCUT2D eigenvalue weighted by atomic mass is 32.2. The molecule has 2 heterocycles. The molecule has 2 aliphatic heterocycles. The van der Waals surface area contributed by atoms with Crippen LogP contribution in [0.4, 0.5) is 0 Å². The van der Waals surface area contributed by atoms with Crippen LogP contribution in [0.3, 0.4) is 0 Å². The Morgan fingerprint density at radius 3 is 2.82 bits per heavy atom. The van der Waals surface area contributed by atoms with E-state index >= 15 is 0 Å². The van der Waals surface area contributed by atoms with Gasteiger partial charge in [-0.2, -0.15) is 0 Å². The van der Waals surface area contributed by atoms with Crippen molar-refractivity contribution >= 4 is 16.9 Å². The Kier molecular flexibility index (Phi) is 3.06. The second kappa shape index (κ2) is 4.42. The van der Waals surface area contributed by atoms with Gasteiger partial charge in [0, 0.05) is 7.05 Å². The number of fused-ring (bicyclic) bond motifs is 1. The molecule has 3 fully saturated rings. The van der Waals surface area contributed by atoms with Crippen molar-refractivity contribution in [3.63, 3.8) is 0 Å². The van der Waals surface area contributed by atoms with Gasteiger partial charge in [-0.05, 0) is 12.3 Å². The van der Waals surface area contributed by atoms with Crippen LogP contribution >= 0.6 is 11.8 Å². The quantitative estimate of drug-likeness (QED) is 0.646. The summed E-state index contributed by atoms with van der Waals surface area (Å²) in [5.41, 5.74) is -0.129. The number of aliphatic hydroxyl groups excluding tert-OH is 2. The molecule has 0 aromatic heterocycles. The highest BCUT2D eigenvalue weighted by molar-refractivity contribution is 8.14. The van der Waals surface area contributed by atoms with Gasteiger partial charge in [0.15, 0.2) is 5.17 Å². The fourth-order valence-electron chi connectivity index (χ4n) is 2.47. The van der Waals surface area contributed by atoms with Crippen molar-refractivity contribution in [2.45, 2.75) is 49.1 Å². The molecular weight excluding hydrogens is 240 g/mol. The van der Waals surface area contributed by atoms with E-state index in [1.54, 1.807) is 7.05 Å². The minimum absolute atomic E-state index is 0.129. The molecule has 0 spiro atoms. The van der Waals surface area contributed by atoms with Gasteiger partial charge in [-0.1, -0.05) is 24.6 Å². The van der Waals surface area contributed by atoms with Gasteiger partial charge in [0.25, 0.3) is 0 Å². The predicted molar refractivity (Wildman–Crippen MR) is 65.9 cm³/mol. The molecule has 3 N–H and O–H groups in total. The fraction of sp³-hybridized carbons (Fsp3) is 0.909. The van der Waals surface area contributed by atoms with Crippen LogP contribution in [0, 0.1) is 5.92 Å². The smallest absolute Gasteiger partial charge is 0.159 e. The summed E-state index contributed by atoms with van der Waals surface area (Å²) in [6.07, 6.45) is 1.52. The van der Waals surface area contributed by atoms with Gasteiger partial charge in [-0.3, -0.25) is 4.99 Å². The zero-order chi connectivity index (χ0) is 12.0. The van der Waals surface area contributed by atoms with Crippen LogP contribution in [0.15, 0.2) is 4.99 Å². The normalized spacial score (nSPS) is 47.9. The van der Waals surface area contributed by atoms with E-state index in [2.05, 4.69) is 10.3 Å². The van der Waals surface area contributed by atoms with E-state index in [9.17, 15) is 10.2 Å². The summed E-state index contributed by atoms with van der Waals surface area (Å²) >= 11 is 1.50. The van der Waals surface area contributed by atoms with E-state index in [-0.39, 0.29) is 17.6 Å². The van der Waals surface area contributed by atoms with Crippen molar-refractivity contribution in [3.8, 4) is 0 Å². The topological polar surface area (TPSA) is 74.1 Å². The standard InChI is InChI=1S/C11H18N2O3S/c1-12-11-13-7-9(15)8(14)6(4-5-2-3-5)16-10(7)17-11/h5-10,14-15H,2-4H2,1H3,(H,12,13)/t6-,7-,8-,9-,10-/m1/s1. The number of hydrogen-bond donors (Lipinski definition) is 3. The van der Waals surface area contributed by atoms with Crippen molar-refractivity contribution < 1.29 is 14.9 Å². The Balaban J connectivity index is 1.71. The molecule has 96 valence electrons. The van der Waals surface area contributed by atoms with Crippen LogP contribution in [-0.2, 0) is 4.74 Å². The third kappa shape index (κ3) is 2.19. The van der Waals surface area contributed by atoms with E-state index in [0.29, 0.717) is 5.92 Å². The van der Waals surface area contributed by atoms with E-state index in [1.165, 1.54) is 24.6 Å². The maximum atomic E-state index is 10.1. The number of amidine groups is 1. The summed E-state index contributed by atoms with van der Waals surface area (Å²) in [4.78, 5) is 4.07. The summed E-state index contributed by atoms with van der Waals surface area (Å²) in [5.74, 6) is 0.678. The highest BCUT2D eigenvalue weighted by Gasteiger charge is 2.49. The Morgan fingerprint density at radius 2 is 2.18 bits per heavy atom. The molecule has 5 nitrogen and oxygen atoms in total. The van der Waals surface area contributed by atoms with Crippen LogP contribution in [0.1, 0.15) is 19.3 Å². The SMILES string of the molecule is CN=C1N[C@@H]2[C@@H](O)[C@H](O)[C@@H](CC3CC3)O[C@@H]2S1. The molecule has 2 saturated heterocycles. The summed E-state index contributed by atoms with van der Waals surface area (Å²) in [6.45, 7) is 0. The molecule has 0 aromatic carbocycles. The number of aliphatic hydroxyl groups is 2. The van der Waals surface area contributed by atoms with Crippen molar-refractivity contribution in [2.75, 3.05) is 7.05 Å². The first-order chi connectivity index (χ1) is 8.19. The van der Waals surface area contributed by atoms with Crippen LogP contribution in [-0.4, -0.2) is 52.2 Å². The minimum Gasteiger partial charge on any atom is -0.388 e. The van der Waals surface area contributed by atoms with Crippen molar-refractivity contribution in [2.24, 2.45) is 10.9 Å². The van der Waals surface area contributed by atoms with Gasteiger partial charge in [-0.25, -0.2) is 0 Å². The Bertz CT molecular complexity index is 335. The van der Waals surface area contributed by atoms with Gasteiger partial charge in [0.1, 0.15) is 17.6 Å². The molecule has 0 unspecified atom stereocenters. The summed E-state index contributed by atoms with van der Waals surface area (Å²) in [7, 11) is 1.71. The molecule has 0 bridgehead atoms. The van der Waals surface area contributed by atoms with Crippen LogP contribution in [0.25, 0.3) is 0 Å². The minimum atomic E-state index is -0.791. The van der Waals surface area contributed by atoms with Gasteiger partial charge in [-0.15, -0.1) is 0 Å². The Labute approximate surface area is 105 Å². The summed E-state index contributed by atoms with van der Waals surface area (Å²) in [6, 6.07) is -0.246. The van der Waals surface area contributed by atoms with Crippen molar-refractivity contribution in [1.29, 1.82) is 0 Å². The van der Waals surface area contributed by atoms with Crippen LogP contribution in [0.5, 0.6) is 0 Å². The average Bonchev–Trinajstić information content (AvgIpc) is 3.03. The zero-order valence-electron chi connectivity index (χ0n) is 9.74. The lowest BCUT2D eigenvalue weighted by Gasteiger charge is -2.39. The van der Waals surface area contributed by atoms with E-state index < -0.39 is 12.2 Å². The molecule has 3 rings (SSSR count). The number of nitrogens with one attached hydrogen (secondary N) is 1. The van der Waals surface area contributed by atoms with Gasteiger partial charge in [0.05, 0.1) is 12.1 Å². The third-order valence-corrected chi connectivity index (χ3v) is 4.84. The lowest BCUT2D eigenvalue weighted by Crippen LogP contribution is -2.58. The monoisotopic (exact) mass is 258 g/mol. The van der Waals surface area contributed by atoms with Crippen LogP contribution < -0.4 is 5.32 Å². The van der Waals surface area contributed by atoms with E-state index in [1.807, 2.05) is 0 Å². The highest BCUT2D eigenvalue weighted by Crippen LogP contribution is 2.40. The predicted octanol–water partition coefficient (Wildman–Crippen LogP) is -0.0760. The van der Waals surface area contributed by atoms with Gasteiger partial charge in [0.2, 0.25) is 0 Å². The first kappa shape index (κ1) is 11.8. The summed E-state index contributed by atoms with van der Waals surface area (Å²) < 4.78 is 5.89. The number of thioether (sulfide) groups is 1. The largest absolute Gasteiger partial charge is 0.388 e. The van der Waals surface area contributed by atoms with E-state index in [4.69, 9.17) is 4.74 Å². The molecule has 0 aromatic rings. The number of ether oxygens (including phenoxy) is 1. The Hall–Kier alpha value is -0.300. The molecule has 0 amide bonds. The fourth-order valence-corrected chi connectivity index (χ4v) is 3.57. The third-order valence-electron chi connectivity index (χ3n) is 3.68. The lowest BCUT2D eigenvalue weighted by molar-refractivity contribution is -0.159. The lowest BCUT2D eigenvalue weighted by atomic mass is 9.95. The first-order valence-electron chi connectivity index (χ1n) is 6.10. The van der Waals surface area contributed by atoms with Crippen molar-refractivity contribution in [3.05, 3.63) is 0 Å². The first-order valence-corrected chi connectivity index (χ1v) is 6.98. The second-order valence-corrected chi connectivity index (χ2v) is 6.11. The maximum absolute atomic E-state index is 10.1. The van der Waals surface area contributed by atoms with Gasteiger partial charge < -0.3 is 20.3 Å². The Morgan fingerprint density at radius 1 is 1.41 bits per heavy atom. The van der Waals surface area contributed by atoms with Crippen LogP contribution in [0.2, 0.25) is 0 Å². The molecule has 0 radical (unpaired) electrons. The molecule has 5 atom stereocenters. The number of aliphatic imine (C=N–C) groups is 1. The number of hydrogen-bond acceptors (Lipinski definition) is 5. The molecule has 6 heteroatoms. The second-order valence-electron chi connectivity index (χ2n) is 5.02. The van der Waals surface area contributed by atoms with Crippen molar-refractivity contribution in [1.82, 2.24) is 5.32 Å². The number of rotatable bonds is 2. The number of nitrogens with zero attached hydrogens (tertiary/aromatic N) is 1. The van der Waals surface area contributed by atoms with E-state index in [0.717, 1.165) is 11.6 Å². The molecular formula is C11H18N2O3S.